The van der Waals surface area contributed by atoms with Gasteiger partial charge in [-0.05, 0) is 30.7 Å². The second-order valence-corrected chi connectivity index (χ2v) is 6.89. The highest BCUT2D eigenvalue weighted by Crippen LogP contribution is 2.21. The van der Waals surface area contributed by atoms with E-state index in [1.54, 1.807) is 13.0 Å². The molecule has 5 nitrogen and oxygen atoms in total. The molecule has 0 unspecified atom stereocenters. The van der Waals surface area contributed by atoms with Gasteiger partial charge in [0.2, 0.25) is 0 Å². The molecule has 20 heavy (non-hydrogen) atoms. The zero-order chi connectivity index (χ0) is 14.9. The topological polar surface area (TPSA) is 79.0 Å². The summed E-state index contributed by atoms with van der Waals surface area (Å²) in [6.45, 7) is 1.78. The second-order valence-electron chi connectivity index (χ2n) is 4.43. The predicted molar refractivity (Wildman–Crippen MR) is 78.0 cm³/mol. The van der Waals surface area contributed by atoms with Crippen molar-refractivity contribution in [2.24, 2.45) is 0 Å². The van der Waals surface area contributed by atoms with Crippen molar-refractivity contribution in [3.63, 3.8) is 0 Å². The Morgan fingerprint density at radius 3 is 2.55 bits per heavy atom. The standard InChI is InChI=1S/C13H13ClN2O3S/c1-8-3-4-10(20(2,18)19)6-11(8)16-13(17)12-5-9(14)7-15-12/h3-7,15H,1-2H3,(H,16,17). The number of sulfone groups is 1. The number of rotatable bonds is 3. The van der Waals surface area contributed by atoms with Gasteiger partial charge < -0.3 is 10.3 Å². The molecule has 106 valence electrons. The summed E-state index contributed by atoms with van der Waals surface area (Å²) in [5.74, 6) is -0.384. The number of hydrogen-bond donors (Lipinski definition) is 2. The van der Waals surface area contributed by atoms with Crippen LogP contribution in [0.4, 0.5) is 5.69 Å². The molecule has 0 aliphatic rings. The van der Waals surface area contributed by atoms with Gasteiger partial charge in [0, 0.05) is 18.1 Å². The number of benzene rings is 1. The van der Waals surface area contributed by atoms with Crippen molar-refractivity contribution in [3.8, 4) is 0 Å². The summed E-state index contributed by atoms with van der Waals surface area (Å²) in [6, 6.07) is 6.08. The van der Waals surface area contributed by atoms with E-state index in [0.29, 0.717) is 16.4 Å². The average Bonchev–Trinajstić information content (AvgIpc) is 2.77. The number of carbonyl (C=O) groups is 1. The smallest absolute Gasteiger partial charge is 0.272 e. The SMILES string of the molecule is Cc1ccc(S(C)(=O)=O)cc1NC(=O)c1cc(Cl)c[nH]1. The monoisotopic (exact) mass is 312 g/mol. The Labute approximate surface area is 121 Å². The van der Waals surface area contributed by atoms with E-state index in [2.05, 4.69) is 10.3 Å². The van der Waals surface area contributed by atoms with Crippen LogP contribution in [0.15, 0.2) is 35.4 Å². The van der Waals surface area contributed by atoms with Crippen molar-refractivity contribution < 1.29 is 13.2 Å². The lowest BCUT2D eigenvalue weighted by Crippen LogP contribution is -2.13. The van der Waals surface area contributed by atoms with Crippen LogP contribution in [0.2, 0.25) is 5.02 Å². The van der Waals surface area contributed by atoms with Crippen molar-refractivity contribution in [2.75, 3.05) is 11.6 Å². The van der Waals surface area contributed by atoms with Gasteiger partial charge >= 0.3 is 0 Å². The molecule has 1 aromatic carbocycles. The molecule has 0 saturated heterocycles. The number of aromatic amines is 1. The molecule has 2 rings (SSSR count). The number of nitrogens with one attached hydrogen (secondary N) is 2. The third-order valence-electron chi connectivity index (χ3n) is 2.78. The lowest BCUT2D eigenvalue weighted by Gasteiger charge is -2.09. The number of aryl methyl sites for hydroxylation is 1. The van der Waals surface area contributed by atoms with Gasteiger partial charge in [-0.2, -0.15) is 0 Å². The summed E-state index contributed by atoms with van der Waals surface area (Å²) in [7, 11) is -3.32. The third kappa shape index (κ3) is 3.20. The molecule has 0 bridgehead atoms. The van der Waals surface area contributed by atoms with Gasteiger partial charge in [0.05, 0.1) is 9.92 Å². The number of halogens is 1. The Morgan fingerprint density at radius 2 is 2.00 bits per heavy atom. The molecule has 1 amide bonds. The highest BCUT2D eigenvalue weighted by molar-refractivity contribution is 7.90. The number of aromatic nitrogens is 1. The average molecular weight is 313 g/mol. The summed E-state index contributed by atoms with van der Waals surface area (Å²) < 4.78 is 23.0. The van der Waals surface area contributed by atoms with Gasteiger partial charge in [0.15, 0.2) is 9.84 Å². The largest absolute Gasteiger partial charge is 0.356 e. The molecule has 0 atom stereocenters. The van der Waals surface area contributed by atoms with Crippen molar-refractivity contribution in [3.05, 3.63) is 46.7 Å². The zero-order valence-electron chi connectivity index (χ0n) is 10.9. The van der Waals surface area contributed by atoms with Crippen molar-refractivity contribution in [1.29, 1.82) is 0 Å². The van der Waals surface area contributed by atoms with Crippen LogP contribution in [-0.4, -0.2) is 25.6 Å². The highest BCUT2D eigenvalue weighted by Gasteiger charge is 2.13. The van der Waals surface area contributed by atoms with E-state index in [1.807, 2.05) is 0 Å². The Balaban J connectivity index is 2.31. The second kappa shape index (κ2) is 5.30. The third-order valence-corrected chi connectivity index (χ3v) is 4.11. The molecule has 0 fully saturated rings. The molecule has 1 heterocycles. The highest BCUT2D eigenvalue weighted by atomic mass is 35.5. The van der Waals surface area contributed by atoms with Crippen LogP contribution in [0.1, 0.15) is 16.1 Å². The first-order chi connectivity index (χ1) is 9.27. The van der Waals surface area contributed by atoms with Gasteiger partial charge in [0.1, 0.15) is 5.69 Å². The van der Waals surface area contributed by atoms with E-state index in [4.69, 9.17) is 11.6 Å². The number of amides is 1. The van der Waals surface area contributed by atoms with Crippen molar-refractivity contribution in [2.45, 2.75) is 11.8 Å². The Morgan fingerprint density at radius 1 is 1.30 bits per heavy atom. The van der Waals surface area contributed by atoms with Gasteiger partial charge in [0.25, 0.3) is 5.91 Å². The maximum Gasteiger partial charge on any atom is 0.272 e. The first kappa shape index (κ1) is 14.6. The van der Waals surface area contributed by atoms with Gasteiger partial charge in [-0.15, -0.1) is 0 Å². The first-order valence-corrected chi connectivity index (χ1v) is 8.00. The van der Waals surface area contributed by atoms with E-state index < -0.39 is 9.84 Å². The van der Waals surface area contributed by atoms with E-state index >= 15 is 0 Å². The van der Waals surface area contributed by atoms with E-state index in [0.717, 1.165) is 11.8 Å². The maximum absolute atomic E-state index is 12.0. The molecule has 7 heteroatoms. The van der Waals surface area contributed by atoms with Crippen LogP contribution < -0.4 is 5.32 Å². The first-order valence-electron chi connectivity index (χ1n) is 5.73. The van der Waals surface area contributed by atoms with Crippen LogP contribution >= 0.6 is 11.6 Å². The number of anilines is 1. The van der Waals surface area contributed by atoms with Crippen LogP contribution in [-0.2, 0) is 9.84 Å². The van der Waals surface area contributed by atoms with Crippen molar-refractivity contribution in [1.82, 2.24) is 4.98 Å². The van der Waals surface area contributed by atoms with Crippen LogP contribution in [0.5, 0.6) is 0 Å². The lowest BCUT2D eigenvalue weighted by atomic mass is 10.2. The van der Waals surface area contributed by atoms with E-state index in [9.17, 15) is 13.2 Å². The number of hydrogen-bond acceptors (Lipinski definition) is 3. The van der Waals surface area contributed by atoms with Crippen LogP contribution in [0, 0.1) is 6.92 Å². The summed E-state index contributed by atoms with van der Waals surface area (Å²) in [5.41, 5.74) is 1.52. The molecular formula is C13H13ClN2O3S. The maximum atomic E-state index is 12.0. The minimum atomic E-state index is -3.32. The number of carbonyl (C=O) groups excluding carboxylic acids is 1. The molecule has 0 radical (unpaired) electrons. The lowest BCUT2D eigenvalue weighted by molar-refractivity contribution is 0.102. The molecular weight excluding hydrogens is 300 g/mol. The van der Waals surface area contributed by atoms with E-state index in [-0.39, 0.29) is 10.8 Å². The fourth-order valence-corrected chi connectivity index (χ4v) is 2.47. The summed E-state index contributed by atoms with van der Waals surface area (Å²) in [4.78, 5) is 14.9. The minimum absolute atomic E-state index is 0.155. The number of H-pyrrole nitrogens is 1. The van der Waals surface area contributed by atoms with Gasteiger partial charge in [-0.25, -0.2) is 8.42 Å². The fourth-order valence-electron chi connectivity index (χ4n) is 1.66. The molecule has 1 aromatic heterocycles. The normalized spacial score (nSPS) is 11.3. The zero-order valence-corrected chi connectivity index (χ0v) is 12.5. The Bertz CT molecular complexity index is 766. The summed E-state index contributed by atoms with van der Waals surface area (Å²) >= 11 is 5.73. The van der Waals surface area contributed by atoms with Crippen LogP contribution in [0.3, 0.4) is 0 Å². The predicted octanol–water partition coefficient (Wildman–Crippen LogP) is 2.63. The summed E-state index contributed by atoms with van der Waals surface area (Å²) in [6.07, 6.45) is 2.62. The van der Waals surface area contributed by atoms with Gasteiger partial charge in [-0.1, -0.05) is 17.7 Å². The molecule has 2 N–H and O–H groups in total. The molecule has 0 aliphatic carbocycles. The van der Waals surface area contributed by atoms with Crippen LogP contribution in [0.25, 0.3) is 0 Å². The molecule has 0 spiro atoms. The minimum Gasteiger partial charge on any atom is -0.356 e. The van der Waals surface area contributed by atoms with Crippen molar-refractivity contribution >= 4 is 33.0 Å². The summed E-state index contributed by atoms with van der Waals surface area (Å²) in [5, 5.41) is 3.09. The molecule has 0 aliphatic heterocycles. The molecule has 0 saturated carbocycles. The van der Waals surface area contributed by atoms with Gasteiger partial charge in [-0.3, -0.25) is 4.79 Å². The molecule has 2 aromatic rings. The fraction of sp³-hybridized carbons (Fsp3) is 0.154. The quantitative estimate of drug-likeness (QED) is 0.914. The Kier molecular flexibility index (Phi) is 3.87. The van der Waals surface area contributed by atoms with E-state index in [1.165, 1.54) is 24.4 Å². The Hall–Kier alpha value is -1.79.